The summed E-state index contributed by atoms with van der Waals surface area (Å²) >= 11 is 2.95. The van der Waals surface area contributed by atoms with E-state index in [1.165, 1.54) is 35.6 Å². The first kappa shape index (κ1) is 18.4. The molecular weight excluding hydrogens is 364 g/mol. The lowest BCUT2D eigenvalue weighted by atomic mass is 10.1. The van der Waals surface area contributed by atoms with Crippen LogP contribution in [0.2, 0.25) is 0 Å². The summed E-state index contributed by atoms with van der Waals surface area (Å²) in [6, 6.07) is 15.1. The number of nitrogens with zero attached hydrogens (tertiary/aromatic N) is 1. The Morgan fingerprint density at radius 3 is 2.42 bits per heavy atom. The van der Waals surface area contributed by atoms with Gasteiger partial charge in [0.25, 0.3) is 0 Å². The molecule has 6 heteroatoms. The van der Waals surface area contributed by atoms with Gasteiger partial charge in [0.15, 0.2) is 10.1 Å². The molecule has 0 bridgehead atoms. The van der Waals surface area contributed by atoms with Gasteiger partial charge in [-0.15, -0.1) is 11.3 Å². The van der Waals surface area contributed by atoms with Crippen LogP contribution in [-0.4, -0.2) is 22.4 Å². The van der Waals surface area contributed by atoms with Crippen LogP contribution in [0.1, 0.15) is 22.8 Å². The first-order chi connectivity index (χ1) is 12.5. The molecule has 0 aliphatic carbocycles. The Morgan fingerprint density at radius 1 is 1.08 bits per heavy atom. The summed E-state index contributed by atoms with van der Waals surface area (Å²) in [5.41, 5.74) is 4.53. The molecule has 0 aliphatic heterocycles. The highest BCUT2D eigenvalue weighted by atomic mass is 32.2. The number of carbonyl (C=O) groups excluding carboxylic acids is 2. The third kappa shape index (κ3) is 4.80. The number of Topliss-reactive ketones (excluding diaryl/α,β-unsaturated/α-hetero) is 1. The summed E-state index contributed by atoms with van der Waals surface area (Å²) in [6.45, 7) is 3.57. The minimum Gasteiger partial charge on any atom is -0.325 e. The zero-order valence-corrected chi connectivity index (χ0v) is 16.1. The van der Waals surface area contributed by atoms with E-state index >= 15 is 0 Å². The van der Waals surface area contributed by atoms with Crippen LogP contribution in [0.15, 0.2) is 58.3 Å². The molecule has 0 spiro atoms. The van der Waals surface area contributed by atoms with Gasteiger partial charge < -0.3 is 5.32 Å². The van der Waals surface area contributed by atoms with Crippen molar-refractivity contribution in [2.75, 3.05) is 11.1 Å². The standard InChI is InChI=1S/C20H18N2O2S2/c1-13-3-5-16(6-4-13)18-11-25-20(22-18)26-12-19(24)21-17-9-7-15(8-10-17)14(2)23/h3-11H,12H2,1-2H3,(H,21,24). The number of thiazole rings is 1. The number of ketones is 1. The molecule has 1 aromatic heterocycles. The molecule has 26 heavy (non-hydrogen) atoms. The fraction of sp³-hybridized carbons (Fsp3) is 0.150. The number of anilines is 1. The fourth-order valence-electron chi connectivity index (χ4n) is 2.29. The minimum absolute atomic E-state index is 0.00610. The molecule has 1 N–H and O–H groups in total. The van der Waals surface area contributed by atoms with E-state index in [1.807, 2.05) is 5.38 Å². The lowest BCUT2D eigenvalue weighted by Gasteiger charge is -2.05. The molecule has 1 amide bonds. The first-order valence-electron chi connectivity index (χ1n) is 8.07. The van der Waals surface area contributed by atoms with Crippen molar-refractivity contribution in [2.45, 2.75) is 18.2 Å². The molecule has 0 atom stereocenters. The summed E-state index contributed by atoms with van der Waals surface area (Å²) in [7, 11) is 0. The number of thioether (sulfide) groups is 1. The molecule has 0 saturated heterocycles. The van der Waals surface area contributed by atoms with E-state index < -0.39 is 0 Å². The SMILES string of the molecule is CC(=O)c1ccc(NC(=O)CSc2nc(-c3ccc(C)cc3)cs2)cc1. The summed E-state index contributed by atoms with van der Waals surface area (Å²) in [4.78, 5) is 27.9. The van der Waals surface area contributed by atoms with Crippen molar-refractivity contribution in [3.05, 3.63) is 65.0 Å². The third-order valence-electron chi connectivity index (χ3n) is 3.73. The van der Waals surface area contributed by atoms with E-state index in [4.69, 9.17) is 0 Å². The van der Waals surface area contributed by atoms with Crippen LogP contribution in [0, 0.1) is 6.92 Å². The molecular formula is C20H18N2O2S2. The van der Waals surface area contributed by atoms with E-state index in [1.54, 1.807) is 24.3 Å². The lowest BCUT2D eigenvalue weighted by Crippen LogP contribution is -2.14. The average molecular weight is 383 g/mol. The van der Waals surface area contributed by atoms with Gasteiger partial charge in [0.2, 0.25) is 5.91 Å². The number of hydrogen-bond donors (Lipinski definition) is 1. The maximum Gasteiger partial charge on any atom is 0.234 e. The second-order valence-electron chi connectivity index (χ2n) is 5.84. The third-order valence-corrected chi connectivity index (χ3v) is 5.75. The van der Waals surface area contributed by atoms with Crippen molar-refractivity contribution >= 4 is 40.5 Å². The maximum absolute atomic E-state index is 12.1. The highest BCUT2D eigenvalue weighted by Gasteiger charge is 2.09. The van der Waals surface area contributed by atoms with Gasteiger partial charge in [0.1, 0.15) is 0 Å². The normalized spacial score (nSPS) is 10.5. The Kier molecular flexibility index (Phi) is 5.85. The summed E-state index contributed by atoms with van der Waals surface area (Å²) < 4.78 is 0.864. The van der Waals surface area contributed by atoms with Gasteiger partial charge in [-0.2, -0.15) is 0 Å². The molecule has 1 heterocycles. The van der Waals surface area contributed by atoms with Crippen LogP contribution < -0.4 is 5.32 Å². The van der Waals surface area contributed by atoms with Crippen molar-refractivity contribution in [3.63, 3.8) is 0 Å². The maximum atomic E-state index is 12.1. The van der Waals surface area contributed by atoms with Crippen LogP contribution in [0.4, 0.5) is 5.69 Å². The Labute approximate surface area is 160 Å². The van der Waals surface area contributed by atoms with Crippen molar-refractivity contribution in [1.29, 1.82) is 0 Å². The molecule has 0 unspecified atom stereocenters. The van der Waals surface area contributed by atoms with Gasteiger partial charge in [-0.3, -0.25) is 9.59 Å². The van der Waals surface area contributed by atoms with Crippen LogP contribution in [0.25, 0.3) is 11.3 Å². The molecule has 0 saturated carbocycles. The van der Waals surface area contributed by atoms with Crippen LogP contribution in [-0.2, 0) is 4.79 Å². The fourth-order valence-corrected chi connectivity index (χ4v) is 3.93. The zero-order chi connectivity index (χ0) is 18.5. The van der Waals surface area contributed by atoms with Crippen LogP contribution in [0.5, 0.6) is 0 Å². The number of amides is 1. The first-order valence-corrected chi connectivity index (χ1v) is 9.94. The summed E-state index contributed by atoms with van der Waals surface area (Å²) in [5.74, 6) is 0.194. The lowest BCUT2D eigenvalue weighted by molar-refractivity contribution is -0.113. The van der Waals surface area contributed by atoms with E-state index in [0.717, 1.165) is 15.6 Å². The number of carbonyl (C=O) groups is 2. The van der Waals surface area contributed by atoms with Crippen molar-refractivity contribution in [1.82, 2.24) is 4.98 Å². The summed E-state index contributed by atoms with van der Waals surface area (Å²) in [5, 5.41) is 4.83. The topological polar surface area (TPSA) is 59.1 Å². The van der Waals surface area contributed by atoms with Gasteiger partial charge in [0.05, 0.1) is 11.4 Å². The molecule has 0 radical (unpaired) electrons. The predicted molar refractivity (Wildman–Crippen MR) is 108 cm³/mol. The second-order valence-corrected chi connectivity index (χ2v) is 7.92. The minimum atomic E-state index is -0.0994. The molecule has 0 fully saturated rings. The quantitative estimate of drug-likeness (QED) is 0.479. The molecule has 132 valence electrons. The Hall–Kier alpha value is -2.44. The van der Waals surface area contributed by atoms with Gasteiger partial charge in [-0.1, -0.05) is 41.6 Å². The van der Waals surface area contributed by atoms with Crippen molar-refractivity contribution < 1.29 is 9.59 Å². The monoisotopic (exact) mass is 382 g/mol. The van der Waals surface area contributed by atoms with E-state index in [9.17, 15) is 9.59 Å². The van der Waals surface area contributed by atoms with E-state index in [0.29, 0.717) is 11.3 Å². The van der Waals surface area contributed by atoms with Crippen LogP contribution in [0.3, 0.4) is 0 Å². The molecule has 4 nitrogen and oxygen atoms in total. The summed E-state index contributed by atoms with van der Waals surface area (Å²) in [6.07, 6.45) is 0. The Balaban J connectivity index is 1.54. The number of benzene rings is 2. The Morgan fingerprint density at radius 2 is 1.77 bits per heavy atom. The number of nitrogens with one attached hydrogen (secondary N) is 1. The number of aryl methyl sites for hydroxylation is 1. The molecule has 2 aromatic carbocycles. The van der Waals surface area contributed by atoms with Gasteiger partial charge in [0, 0.05) is 22.2 Å². The van der Waals surface area contributed by atoms with E-state index in [-0.39, 0.29) is 17.4 Å². The van der Waals surface area contributed by atoms with Gasteiger partial charge >= 0.3 is 0 Å². The van der Waals surface area contributed by atoms with Crippen molar-refractivity contribution in [3.8, 4) is 11.3 Å². The largest absolute Gasteiger partial charge is 0.325 e. The number of aromatic nitrogens is 1. The predicted octanol–water partition coefficient (Wildman–Crippen LogP) is 5.05. The highest BCUT2D eigenvalue weighted by Crippen LogP contribution is 2.28. The average Bonchev–Trinajstić information content (AvgIpc) is 3.10. The number of rotatable bonds is 6. The molecule has 0 aliphatic rings. The Bertz CT molecular complexity index is 916. The van der Waals surface area contributed by atoms with E-state index in [2.05, 4.69) is 41.5 Å². The van der Waals surface area contributed by atoms with Gasteiger partial charge in [-0.05, 0) is 38.1 Å². The van der Waals surface area contributed by atoms with Crippen LogP contribution >= 0.6 is 23.1 Å². The molecule has 3 rings (SSSR count). The molecule has 3 aromatic rings. The zero-order valence-electron chi connectivity index (χ0n) is 14.5. The second kappa shape index (κ2) is 8.29. The highest BCUT2D eigenvalue weighted by molar-refractivity contribution is 8.01. The van der Waals surface area contributed by atoms with Gasteiger partial charge in [-0.25, -0.2) is 4.98 Å². The van der Waals surface area contributed by atoms with Crippen molar-refractivity contribution in [2.24, 2.45) is 0 Å². The smallest absolute Gasteiger partial charge is 0.234 e. The number of hydrogen-bond acceptors (Lipinski definition) is 5.